The van der Waals surface area contributed by atoms with E-state index >= 15 is 0 Å². The summed E-state index contributed by atoms with van der Waals surface area (Å²) in [6.45, 7) is 4.25. The molecule has 0 aliphatic heterocycles. The Morgan fingerprint density at radius 3 is 2.44 bits per heavy atom. The fourth-order valence-electron chi connectivity index (χ4n) is 3.28. The molecule has 0 fully saturated rings. The van der Waals surface area contributed by atoms with Gasteiger partial charge in [0.2, 0.25) is 0 Å². The van der Waals surface area contributed by atoms with Gasteiger partial charge in [0.05, 0.1) is 5.56 Å². The Hall–Kier alpha value is -3.56. The number of alkyl carbamates (subject to hydrolysis) is 1. The van der Waals surface area contributed by atoms with Crippen LogP contribution in [0.25, 0.3) is 10.9 Å². The third-order valence-electron chi connectivity index (χ3n) is 4.81. The van der Waals surface area contributed by atoms with Crippen LogP contribution in [0.1, 0.15) is 37.5 Å². The molecule has 0 bridgehead atoms. The number of halogens is 4. The molecule has 1 amide bonds. The van der Waals surface area contributed by atoms with Gasteiger partial charge in [-0.2, -0.15) is 13.2 Å². The van der Waals surface area contributed by atoms with E-state index in [4.69, 9.17) is 9.47 Å². The van der Waals surface area contributed by atoms with Crippen molar-refractivity contribution >= 4 is 23.0 Å². The molecule has 1 atom stereocenters. The topological polar surface area (TPSA) is 80.4 Å². The van der Waals surface area contributed by atoms with E-state index in [0.717, 1.165) is 16.5 Å². The second-order valence-electron chi connectivity index (χ2n) is 8.67. The highest BCUT2D eigenvalue weighted by molar-refractivity contribution is 5.86. The van der Waals surface area contributed by atoms with Gasteiger partial charge in [-0.25, -0.2) is 14.0 Å². The van der Waals surface area contributed by atoms with Crippen LogP contribution in [0.2, 0.25) is 0 Å². The molecular weight excluding hydrogens is 456 g/mol. The molecule has 6 nitrogen and oxygen atoms in total. The average molecular weight is 480 g/mol. The number of fused-ring (bicyclic) bond motifs is 1. The number of rotatable bonds is 6. The van der Waals surface area contributed by atoms with Crippen LogP contribution in [0.4, 0.5) is 22.4 Å². The van der Waals surface area contributed by atoms with Crippen molar-refractivity contribution in [1.29, 1.82) is 0 Å². The SMILES string of the molecule is CC(C)(C)OC(=O)C(Cc1c[nH]c2ccccc12)NC(=O)OCc1cc(C(F)(F)F)ccc1F. The monoisotopic (exact) mass is 480 g/mol. The van der Waals surface area contributed by atoms with Gasteiger partial charge in [-0.15, -0.1) is 0 Å². The molecule has 3 rings (SSSR count). The molecule has 0 radical (unpaired) electrons. The van der Waals surface area contributed by atoms with E-state index in [2.05, 4.69) is 10.3 Å². The van der Waals surface area contributed by atoms with Crippen molar-refractivity contribution in [2.75, 3.05) is 0 Å². The molecule has 10 heteroatoms. The second kappa shape index (κ2) is 9.74. The van der Waals surface area contributed by atoms with Crippen molar-refractivity contribution in [3.05, 3.63) is 71.2 Å². The van der Waals surface area contributed by atoms with Crippen LogP contribution in [0.15, 0.2) is 48.7 Å². The standard InChI is InChI=1S/C24H24F4N2O4/c1-23(2,3)34-21(31)20(11-14-12-29-19-7-5-4-6-17(14)19)30-22(32)33-13-15-10-16(24(26,27)28)8-9-18(15)25/h4-10,12,20,29H,11,13H2,1-3H3,(H,30,32). The van der Waals surface area contributed by atoms with Crippen molar-refractivity contribution in [2.45, 2.75) is 51.6 Å². The zero-order valence-electron chi connectivity index (χ0n) is 18.8. The summed E-state index contributed by atoms with van der Waals surface area (Å²) in [6, 6.07) is 8.04. The number of H-pyrrole nitrogens is 1. The summed E-state index contributed by atoms with van der Waals surface area (Å²) in [4.78, 5) is 28.2. The molecule has 182 valence electrons. The number of hydrogen-bond donors (Lipinski definition) is 2. The highest BCUT2D eigenvalue weighted by Crippen LogP contribution is 2.30. The van der Waals surface area contributed by atoms with Gasteiger partial charge in [0.15, 0.2) is 0 Å². The minimum Gasteiger partial charge on any atom is -0.458 e. The van der Waals surface area contributed by atoms with Gasteiger partial charge >= 0.3 is 18.2 Å². The van der Waals surface area contributed by atoms with Crippen LogP contribution < -0.4 is 5.32 Å². The highest BCUT2D eigenvalue weighted by atomic mass is 19.4. The molecule has 1 unspecified atom stereocenters. The maximum absolute atomic E-state index is 13.9. The molecule has 2 N–H and O–H groups in total. The minimum absolute atomic E-state index is 0.0615. The number of nitrogens with one attached hydrogen (secondary N) is 2. The predicted octanol–water partition coefficient (Wildman–Crippen LogP) is 5.51. The zero-order chi connectivity index (χ0) is 25.1. The van der Waals surface area contributed by atoms with Crippen molar-refractivity contribution in [3.8, 4) is 0 Å². The zero-order valence-corrected chi connectivity index (χ0v) is 18.8. The van der Waals surface area contributed by atoms with E-state index in [1.54, 1.807) is 27.0 Å². The van der Waals surface area contributed by atoms with Crippen LogP contribution in [-0.4, -0.2) is 28.7 Å². The molecule has 1 heterocycles. The molecule has 1 aromatic heterocycles. The Bertz CT molecular complexity index is 1180. The fourth-order valence-corrected chi connectivity index (χ4v) is 3.28. The van der Waals surface area contributed by atoms with E-state index in [1.807, 2.05) is 24.3 Å². The van der Waals surface area contributed by atoms with E-state index in [9.17, 15) is 27.2 Å². The number of amides is 1. The number of aromatic amines is 1. The Kier molecular flexibility index (Phi) is 7.18. The van der Waals surface area contributed by atoms with Gasteiger partial charge in [0.25, 0.3) is 0 Å². The van der Waals surface area contributed by atoms with Crippen molar-refractivity contribution in [2.24, 2.45) is 0 Å². The molecule has 34 heavy (non-hydrogen) atoms. The first-order chi connectivity index (χ1) is 15.8. The predicted molar refractivity (Wildman–Crippen MR) is 116 cm³/mol. The van der Waals surface area contributed by atoms with E-state index in [1.165, 1.54) is 0 Å². The van der Waals surface area contributed by atoms with Crippen LogP contribution in [0, 0.1) is 5.82 Å². The highest BCUT2D eigenvalue weighted by Gasteiger charge is 2.32. The number of para-hydroxylation sites is 1. The normalized spacial score (nSPS) is 12.9. The Balaban J connectivity index is 1.74. The van der Waals surface area contributed by atoms with E-state index in [0.29, 0.717) is 18.2 Å². The van der Waals surface area contributed by atoms with Gasteiger partial charge in [0.1, 0.15) is 24.1 Å². The number of benzene rings is 2. The largest absolute Gasteiger partial charge is 0.458 e. The number of carbonyl (C=O) groups excluding carboxylic acids is 2. The molecule has 0 saturated heterocycles. The average Bonchev–Trinajstić information content (AvgIpc) is 3.13. The number of carbonyl (C=O) groups is 2. The molecule has 0 saturated carbocycles. The number of ether oxygens (including phenoxy) is 2. The molecule has 3 aromatic rings. The van der Waals surface area contributed by atoms with Gasteiger partial charge in [0, 0.05) is 29.1 Å². The second-order valence-corrected chi connectivity index (χ2v) is 8.67. The lowest BCUT2D eigenvalue weighted by atomic mass is 10.0. The lowest BCUT2D eigenvalue weighted by molar-refractivity contribution is -0.157. The number of hydrogen-bond acceptors (Lipinski definition) is 4. The van der Waals surface area contributed by atoms with Gasteiger partial charge in [-0.1, -0.05) is 18.2 Å². The summed E-state index contributed by atoms with van der Waals surface area (Å²) in [7, 11) is 0. The van der Waals surface area contributed by atoms with Crippen molar-refractivity contribution in [1.82, 2.24) is 10.3 Å². The summed E-state index contributed by atoms with van der Waals surface area (Å²) in [5, 5.41) is 3.23. The minimum atomic E-state index is -4.67. The van der Waals surface area contributed by atoms with Gasteiger partial charge in [-0.3, -0.25) is 0 Å². The molecule has 0 aliphatic carbocycles. The maximum Gasteiger partial charge on any atom is 0.416 e. The first-order valence-corrected chi connectivity index (χ1v) is 10.4. The fraction of sp³-hybridized carbons (Fsp3) is 0.333. The third-order valence-corrected chi connectivity index (χ3v) is 4.81. The molecule has 0 aliphatic rings. The van der Waals surface area contributed by atoms with Crippen molar-refractivity contribution in [3.63, 3.8) is 0 Å². The van der Waals surface area contributed by atoms with Crippen LogP contribution >= 0.6 is 0 Å². The number of esters is 1. The quantitative estimate of drug-likeness (QED) is 0.360. The summed E-state index contributed by atoms with van der Waals surface area (Å²) in [5.41, 5.74) is -0.782. The van der Waals surface area contributed by atoms with Gasteiger partial charge in [-0.05, 0) is 50.6 Å². The summed E-state index contributed by atoms with van der Waals surface area (Å²) in [5.74, 6) is -1.68. The first kappa shape index (κ1) is 25.1. The number of aromatic nitrogens is 1. The van der Waals surface area contributed by atoms with Crippen LogP contribution in [-0.2, 0) is 33.5 Å². The molecule has 0 spiro atoms. The smallest absolute Gasteiger partial charge is 0.416 e. The Labute approximate surface area is 193 Å². The van der Waals surface area contributed by atoms with Gasteiger partial charge < -0.3 is 19.8 Å². The van der Waals surface area contributed by atoms with E-state index in [-0.39, 0.29) is 6.42 Å². The summed E-state index contributed by atoms with van der Waals surface area (Å²) < 4.78 is 62.9. The molecule has 2 aromatic carbocycles. The summed E-state index contributed by atoms with van der Waals surface area (Å²) in [6.07, 6.45) is -4.02. The van der Waals surface area contributed by atoms with Crippen LogP contribution in [0.5, 0.6) is 0 Å². The third kappa shape index (κ3) is 6.49. The van der Waals surface area contributed by atoms with Crippen molar-refractivity contribution < 1.29 is 36.6 Å². The lowest BCUT2D eigenvalue weighted by Gasteiger charge is -2.24. The first-order valence-electron chi connectivity index (χ1n) is 10.4. The Morgan fingerprint density at radius 1 is 1.06 bits per heavy atom. The maximum atomic E-state index is 13.9. The van der Waals surface area contributed by atoms with E-state index < -0.39 is 53.4 Å². The number of alkyl halides is 3. The lowest BCUT2D eigenvalue weighted by Crippen LogP contribution is -2.45. The molecular formula is C24H24F4N2O4. The summed E-state index contributed by atoms with van der Waals surface area (Å²) >= 11 is 0. The van der Waals surface area contributed by atoms with Crippen LogP contribution in [0.3, 0.4) is 0 Å². The Morgan fingerprint density at radius 2 is 1.76 bits per heavy atom.